The molecule has 31 heavy (non-hydrogen) atoms. The zero-order valence-corrected chi connectivity index (χ0v) is 20.0. The summed E-state index contributed by atoms with van der Waals surface area (Å²) in [4.78, 5) is 17.9. The maximum Gasteiger partial charge on any atom is 0.282 e. The van der Waals surface area contributed by atoms with E-state index in [1.54, 1.807) is 6.07 Å². The van der Waals surface area contributed by atoms with E-state index in [0.717, 1.165) is 15.6 Å². The number of fused-ring (bicyclic) bond motifs is 1. The van der Waals surface area contributed by atoms with Crippen LogP contribution in [0.15, 0.2) is 67.3 Å². The monoisotopic (exact) mass is 497 g/mol. The lowest BCUT2D eigenvalue weighted by Gasteiger charge is -2.20. The molecule has 0 N–H and O–H groups in total. The van der Waals surface area contributed by atoms with Gasteiger partial charge in [0.2, 0.25) is 0 Å². The number of hydrogen-bond acceptors (Lipinski definition) is 4. The molecule has 0 fully saturated rings. The van der Waals surface area contributed by atoms with E-state index in [4.69, 9.17) is 21.0 Å². The summed E-state index contributed by atoms with van der Waals surface area (Å²) in [5, 5.41) is 5.59. The van der Waals surface area contributed by atoms with Gasteiger partial charge in [-0.15, -0.1) is 0 Å². The van der Waals surface area contributed by atoms with Gasteiger partial charge in [0.15, 0.2) is 0 Å². The Balaban J connectivity index is 1.80. The van der Waals surface area contributed by atoms with Gasteiger partial charge in [0.05, 0.1) is 17.1 Å². The molecule has 7 heteroatoms. The van der Waals surface area contributed by atoms with Crippen molar-refractivity contribution in [1.29, 1.82) is 0 Å². The summed E-state index contributed by atoms with van der Waals surface area (Å²) in [6, 6.07) is 14.8. The molecule has 0 bridgehead atoms. The van der Waals surface area contributed by atoms with Gasteiger partial charge in [0.1, 0.15) is 17.3 Å². The summed E-state index contributed by atoms with van der Waals surface area (Å²) < 4.78 is 8.11. The maximum absolute atomic E-state index is 13.2. The van der Waals surface area contributed by atoms with Gasteiger partial charge < -0.3 is 4.42 Å². The van der Waals surface area contributed by atoms with E-state index in [1.165, 1.54) is 10.9 Å². The van der Waals surface area contributed by atoms with Crippen LogP contribution >= 0.6 is 27.5 Å². The van der Waals surface area contributed by atoms with E-state index >= 15 is 0 Å². The summed E-state index contributed by atoms with van der Waals surface area (Å²) >= 11 is 9.56. The van der Waals surface area contributed by atoms with Crippen molar-refractivity contribution < 1.29 is 4.42 Å². The Hall–Kier alpha value is -2.70. The molecule has 0 saturated carbocycles. The molecular formula is C24H21BrClN3O2. The Labute approximate surface area is 193 Å². The first kappa shape index (κ1) is 21.5. The fourth-order valence-corrected chi connectivity index (χ4v) is 3.82. The molecule has 0 aliphatic carbocycles. The molecule has 0 atom stereocenters. The molecule has 0 unspecified atom stereocenters. The molecule has 4 aromatic rings. The summed E-state index contributed by atoms with van der Waals surface area (Å²) in [6.07, 6.45) is 1.53. The zero-order chi connectivity index (χ0) is 22.3. The minimum Gasteiger partial charge on any atom is -0.455 e. The molecule has 0 aliphatic rings. The molecule has 4 rings (SSSR count). The van der Waals surface area contributed by atoms with Crippen molar-refractivity contribution in [3.63, 3.8) is 0 Å². The van der Waals surface area contributed by atoms with Crippen LogP contribution in [0.5, 0.6) is 0 Å². The number of aryl methyl sites for hydroxylation is 1. The number of aromatic nitrogens is 2. The minimum absolute atomic E-state index is 0.232. The number of furan rings is 1. The summed E-state index contributed by atoms with van der Waals surface area (Å²) in [6.45, 7) is 7.99. The van der Waals surface area contributed by atoms with E-state index in [0.29, 0.717) is 33.3 Å². The van der Waals surface area contributed by atoms with Crippen LogP contribution in [0.2, 0.25) is 5.02 Å². The first-order chi connectivity index (χ1) is 14.6. The molecule has 0 saturated heterocycles. The molecule has 158 valence electrons. The Bertz CT molecular complexity index is 1380. The second-order valence-electron chi connectivity index (χ2n) is 8.37. The fourth-order valence-electron chi connectivity index (χ4n) is 3.28. The molecule has 2 aromatic heterocycles. The molecule has 2 aromatic carbocycles. The van der Waals surface area contributed by atoms with Crippen LogP contribution in [0.3, 0.4) is 0 Å². The Morgan fingerprint density at radius 1 is 1.13 bits per heavy atom. The van der Waals surface area contributed by atoms with E-state index < -0.39 is 0 Å². The van der Waals surface area contributed by atoms with E-state index in [-0.39, 0.29) is 11.0 Å². The predicted molar refractivity (Wildman–Crippen MR) is 129 cm³/mol. The van der Waals surface area contributed by atoms with Crippen molar-refractivity contribution in [2.45, 2.75) is 33.1 Å². The maximum atomic E-state index is 13.2. The van der Waals surface area contributed by atoms with Crippen molar-refractivity contribution in [2.24, 2.45) is 5.10 Å². The Kier molecular flexibility index (Phi) is 5.62. The normalized spacial score (nSPS) is 12.2. The van der Waals surface area contributed by atoms with Crippen LogP contribution in [0, 0.1) is 6.92 Å². The average Bonchev–Trinajstić information content (AvgIpc) is 3.17. The van der Waals surface area contributed by atoms with Gasteiger partial charge in [0.25, 0.3) is 5.56 Å². The number of hydrogen-bond donors (Lipinski definition) is 0. The highest BCUT2D eigenvalue weighted by atomic mass is 79.9. The van der Waals surface area contributed by atoms with Crippen LogP contribution in [-0.4, -0.2) is 15.9 Å². The molecule has 0 radical (unpaired) electrons. The van der Waals surface area contributed by atoms with E-state index in [1.807, 2.05) is 70.2 Å². The van der Waals surface area contributed by atoms with Crippen LogP contribution in [0.25, 0.3) is 22.2 Å². The van der Waals surface area contributed by atoms with Crippen molar-refractivity contribution in [3.05, 3.63) is 85.5 Å². The van der Waals surface area contributed by atoms with E-state index in [9.17, 15) is 4.79 Å². The number of benzene rings is 2. The molecule has 0 aliphatic heterocycles. The molecular weight excluding hydrogens is 478 g/mol. The quantitative estimate of drug-likeness (QED) is 0.301. The van der Waals surface area contributed by atoms with Crippen molar-refractivity contribution in [2.75, 3.05) is 0 Å². The lowest BCUT2D eigenvalue weighted by atomic mass is 9.95. The van der Waals surface area contributed by atoms with Gasteiger partial charge in [-0.2, -0.15) is 9.78 Å². The highest BCUT2D eigenvalue weighted by Crippen LogP contribution is 2.28. The second kappa shape index (κ2) is 8.09. The third-order valence-electron chi connectivity index (χ3n) is 4.87. The van der Waals surface area contributed by atoms with Crippen LogP contribution < -0.4 is 5.56 Å². The third-order valence-corrected chi connectivity index (χ3v) is 5.60. The first-order valence-corrected chi connectivity index (χ1v) is 10.9. The number of halogens is 2. The summed E-state index contributed by atoms with van der Waals surface area (Å²) in [5.74, 6) is 1.78. The van der Waals surface area contributed by atoms with Crippen LogP contribution in [-0.2, 0) is 5.41 Å². The van der Waals surface area contributed by atoms with Gasteiger partial charge in [-0.25, -0.2) is 4.98 Å². The largest absolute Gasteiger partial charge is 0.455 e. The molecule has 2 heterocycles. The third kappa shape index (κ3) is 4.36. The molecule has 0 amide bonds. The topological polar surface area (TPSA) is 60.4 Å². The number of rotatable bonds is 3. The van der Waals surface area contributed by atoms with Gasteiger partial charge in [-0.05, 0) is 55.0 Å². The molecule has 0 spiro atoms. The smallest absolute Gasteiger partial charge is 0.282 e. The van der Waals surface area contributed by atoms with Crippen LogP contribution in [0.1, 0.15) is 37.9 Å². The van der Waals surface area contributed by atoms with Crippen molar-refractivity contribution >= 4 is 44.6 Å². The lowest BCUT2D eigenvalue weighted by Crippen LogP contribution is -2.29. The van der Waals surface area contributed by atoms with Crippen molar-refractivity contribution in [3.8, 4) is 11.3 Å². The fraction of sp³-hybridized carbons (Fsp3) is 0.208. The average molecular weight is 499 g/mol. The Morgan fingerprint density at radius 2 is 1.90 bits per heavy atom. The number of nitrogens with zero attached hydrogens (tertiary/aromatic N) is 3. The predicted octanol–water partition coefficient (Wildman–Crippen LogP) is 6.56. The van der Waals surface area contributed by atoms with Gasteiger partial charge in [-0.1, -0.05) is 54.4 Å². The highest BCUT2D eigenvalue weighted by Gasteiger charge is 2.23. The summed E-state index contributed by atoms with van der Waals surface area (Å²) in [5.41, 5.74) is 1.99. The van der Waals surface area contributed by atoms with Crippen molar-refractivity contribution in [1.82, 2.24) is 9.66 Å². The standard InChI is InChI=1S/C24H21BrClN3O2/c1-14-5-7-16(26)12-18(14)21-10-8-17(31-21)13-27-29-22(30)19-11-15(25)6-9-20(19)28-23(29)24(2,3)4/h5-13H,1-4H3. The molecule has 5 nitrogen and oxygen atoms in total. The Morgan fingerprint density at radius 3 is 2.65 bits per heavy atom. The van der Waals surface area contributed by atoms with Gasteiger partial charge in [0, 0.05) is 20.5 Å². The zero-order valence-electron chi connectivity index (χ0n) is 17.6. The summed E-state index contributed by atoms with van der Waals surface area (Å²) in [7, 11) is 0. The SMILES string of the molecule is Cc1ccc(Cl)cc1-c1ccc(C=Nn2c(C(C)(C)C)nc3ccc(Br)cc3c2=O)o1. The first-order valence-electron chi connectivity index (χ1n) is 9.77. The van der Waals surface area contributed by atoms with E-state index in [2.05, 4.69) is 21.0 Å². The second-order valence-corrected chi connectivity index (χ2v) is 9.72. The lowest BCUT2D eigenvalue weighted by molar-refractivity contribution is 0.505. The van der Waals surface area contributed by atoms with Crippen LogP contribution in [0.4, 0.5) is 0 Å². The highest BCUT2D eigenvalue weighted by molar-refractivity contribution is 9.10. The minimum atomic E-state index is -0.385. The van der Waals surface area contributed by atoms with Gasteiger partial charge >= 0.3 is 0 Å². The van der Waals surface area contributed by atoms with Gasteiger partial charge in [-0.3, -0.25) is 4.79 Å².